The number of hydrogen-bond donors (Lipinski definition) is 2. The summed E-state index contributed by atoms with van der Waals surface area (Å²) < 4.78 is 30.0. The zero-order chi connectivity index (χ0) is 21.5. The van der Waals surface area contributed by atoms with Crippen molar-refractivity contribution in [3.05, 3.63) is 29.8 Å². The molecule has 0 unspecified atom stereocenters. The van der Waals surface area contributed by atoms with Crippen LogP contribution in [0.1, 0.15) is 39.7 Å². The molecule has 0 aliphatic carbocycles. The molecule has 3 aliphatic rings. The number of benzene rings is 1. The third-order valence-corrected chi connectivity index (χ3v) is 5.69. The average Bonchev–Trinajstić information content (AvgIpc) is 3.26. The van der Waals surface area contributed by atoms with Gasteiger partial charge in [-0.25, -0.2) is 4.79 Å². The fourth-order valence-electron chi connectivity index (χ4n) is 4.33. The maximum absolute atomic E-state index is 12.3. The number of nitrogens with one attached hydrogen (secondary N) is 2. The van der Waals surface area contributed by atoms with Crippen molar-refractivity contribution < 1.29 is 28.5 Å². The molecule has 3 aliphatic heterocycles. The van der Waals surface area contributed by atoms with E-state index in [0.717, 1.165) is 11.3 Å². The quantitative estimate of drug-likeness (QED) is 0.761. The number of fused-ring (bicyclic) bond motifs is 1. The van der Waals surface area contributed by atoms with E-state index in [9.17, 15) is 4.79 Å². The first-order chi connectivity index (χ1) is 14.1. The molecule has 3 saturated heterocycles. The number of carbonyl (C=O) groups is 1. The van der Waals surface area contributed by atoms with Crippen LogP contribution in [0.4, 0.5) is 10.5 Å². The number of anilines is 1. The summed E-state index contributed by atoms with van der Waals surface area (Å²) in [6.45, 7) is 10.5. The number of rotatable bonds is 5. The van der Waals surface area contributed by atoms with Crippen LogP contribution in [0.5, 0.6) is 0 Å². The summed E-state index contributed by atoms with van der Waals surface area (Å²) in [5.74, 6) is -1.32. The van der Waals surface area contributed by atoms with Crippen molar-refractivity contribution in [1.82, 2.24) is 5.32 Å². The van der Waals surface area contributed by atoms with E-state index in [1.807, 2.05) is 58.9 Å². The highest BCUT2D eigenvalue weighted by Crippen LogP contribution is 2.44. The highest BCUT2D eigenvalue weighted by Gasteiger charge is 2.57. The van der Waals surface area contributed by atoms with Crippen LogP contribution >= 0.6 is 0 Å². The Bertz CT molecular complexity index is 765. The van der Waals surface area contributed by atoms with Crippen LogP contribution in [0.2, 0.25) is 0 Å². The number of hydrogen-bond acceptors (Lipinski definition) is 6. The topological polar surface area (TPSA) is 87.3 Å². The van der Waals surface area contributed by atoms with Gasteiger partial charge in [-0.3, -0.25) is 0 Å². The van der Waals surface area contributed by atoms with Gasteiger partial charge in [0, 0.05) is 18.2 Å². The Balaban J connectivity index is 1.35. The molecule has 1 aromatic rings. The number of aryl methyl sites for hydroxylation is 1. The minimum absolute atomic E-state index is 0.0129. The van der Waals surface area contributed by atoms with E-state index in [2.05, 4.69) is 10.6 Å². The molecule has 1 aromatic carbocycles. The number of urea groups is 1. The monoisotopic (exact) mass is 420 g/mol. The first-order valence-electron chi connectivity index (χ1n) is 10.6. The van der Waals surface area contributed by atoms with E-state index < -0.39 is 17.9 Å². The van der Waals surface area contributed by atoms with Gasteiger partial charge in [0.1, 0.15) is 12.2 Å². The predicted octanol–water partition coefficient (Wildman–Crippen LogP) is 3.15. The molecule has 8 nitrogen and oxygen atoms in total. The number of ether oxygens (including phenoxy) is 5. The molecule has 2 N–H and O–H groups in total. The van der Waals surface area contributed by atoms with E-state index >= 15 is 0 Å². The second-order valence-corrected chi connectivity index (χ2v) is 9.14. The first-order valence-corrected chi connectivity index (χ1v) is 10.6. The summed E-state index contributed by atoms with van der Waals surface area (Å²) in [6, 6.07) is 7.44. The van der Waals surface area contributed by atoms with Crippen LogP contribution in [0.3, 0.4) is 0 Å². The molecule has 2 amide bonds. The Morgan fingerprint density at radius 1 is 1.03 bits per heavy atom. The van der Waals surface area contributed by atoms with Crippen LogP contribution in [-0.2, 0) is 23.7 Å². The van der Waals surface area contributed by atoms with Gasteiger partial charge in [-0.05, 0) is 53.2 Å². The summed E-state index contributed by atoms with van der Waals surface area (Å²) in [5.41, 5.74) is 1.90. The highest BCUT2D eigenvalue weighted by molar-refractivity contribution is 5.89. The molecule has 8 heteroatoms. The minimum atomic E-state index is -0.693. The first kappa shape index (κ1) is 21.5. The highest BCUT2D eigenvalue weighted by atomic mass is 16.8. The summed E-state index contributed by atoms with van der Waals surface area (Å²) in [4.78, 5) is 12.3. The molecule has 0 spiro atoms. The molecule has 166 valence electrons. The molecule has 0 bridgehead atoms. The van der Waals surface area contributed by atoms with E-state index in [4.69, 9.17) is 23.7 Å². The van der Waals surface area contributed by atoms with Gasteiger partial charge >= 0.3 is 6.03 Å². The SMILES string of the molecule is Cc1ccc(NC(=O)NCC[C@H]2[C@H]3OC(C)(C)O[C@H]3O[C@@H]2[C@H]2COC(C)(C)O2)cc1. The lowest BCUT2D eigenvalue weighted by molar-refractivity contribution is -0.227. The molecule has 0 saturated carbocycles. The van der Waals surface area contributed by atoms with Crippen LogP contribution < -0.4 is 10.6 Å². The summed E-state index contributed by atoms with van der Waals surface area (Å²) in [6.07, 6.45) is -0.400. The lowest BCUT2D eigenvalue weighted by atomic mass is 9.91. The molecule has 5 atom stereocenters. The Kier molecular flexibility index (Phi) is 5.80. The van der Waals surface area contributed by atoms with Gasteiger partial charge in [-0.15, -0.1) is 0 Å². The molecular weight excluding hydrogens is 388 g/mol. The van der Waals surface area contributed by atoms with Crippen molar-refractivity contribution >= 4 is 11.7 Å². The van der Waals surface area contributed by atoms with E-state index in [1.54, 1.807) is 0 Å². The molecule has 0 radical (unpaired) electrons. The van der Waals surface area contributed by atoms with Crippen LogP contribution in [0.15, 0.2) is 24.3 Å². The molecular formula is C22H32N2O6. The van der Waals surface area contributed by atoms with Gasteiger partial charge < -0.3 is 34.3 Å². The van der Waals surface area contributed by atoms with E-state index in [-0.39, 0.29) is 30.3 Å². The Morgan fingerprint density at radius 3 is 2.43 bits per heavy atom. The second kappa shape index (κ2) is 8.09. The van der Waals surface area contributed by atoms with Gasteiger partial charge in [0.25, 0.3) is 0 Å². The molecule has 4 rings (SSSR count). The lowest BCUT2D eigenvalue weighted by Crippen LogP contribution is -2.41. The summed E-state index contributed by atoms with van der Waals surface area (Å²) >= 11 is 0. The fourth-order valence-corrected chi connectivity index (χ4v) is 4.33. The van der Waals surface area contributed by atoms with Gasteiger partial charge in [0.05, 0.1) is 12.7 Å². The van der Waals surface area contributed by atoms with Crippen molar-refractivity contribution in [2.75, 3.05) is 18.5 Å². The minimum Gasteiger partial charge on any atom is -0.348 e. The standard InChI is InChI=1S/C22H32N2O6/c1-13-6-8-14(9-7-13)24-20(25)23-11-10-15-17(16-12-26-21(2,3)28-16)27-19-18(15)29-22(4,5)30-19/h6-9,15-19H,10-12H2,1-5H3,(H2,23,24,25)/t15-,16-,17+,18-,19-/m1/s1. The van der Waals surface area contributed by atoms with Gasteiger partial charge in [-0.2, -0.15) is 0 Å². The Labute approximate surface area is 177 Å². The fraction of sp³-hybridized carbons (Fsp3) is 0.682. The van der Waals surface area contributed by atoms with Crippen molar-refractivity contribution in [3.63, 3.8) is 0 Å². The van der Waals surface area contributed by atoms with E-state index in [1.165, 1.54) is 0 Å². The number of amides is 2. The predicted molar refractivity (Wildman–Crippen MR) is 110 cm³/mol. The Morgan fingerprint density at radius 2 is 1.77 bits per heavy atom. The zero-order valence-electron chi connectivity index (χ0n) is 18.3. The molecule has 3 fully saturated rings. The van der Waals surface area contributed by atoms with Crippen molar-refractivity contribution in [2.45, 2.75) is 77.2 Å². The van der Waals surface area contributed by atoms with Crippen LogP contribution in [-0.4, -0.2) is 55.4 Å². The average molecular weight is 421 g/mol. The van der Waals surface area contributed by atoms with Gasteiger partial charge in [0.15, 0.2) is 17.9 Å². The van der Waals surface area contributed by atoms with Gasteiger partial charge in [-0.1, -0.05) is 17.7 Å². The lowest BCUT2D eigenvalue weighted by Gasteiger charge is -2.29. The van der Waals surface area contributed by atoms with Crippen molar-refractivity contribution in [3.8, 4) is 0 Å². The number of carbonyl (C=O) groups excluding carboxylic acids is 1. The Hall–Kier alpha value is -1.71. The summed E-state index contributed by atoms with van der Waals surface area (Å²) in [5, 5.41) is 5.78. The zero-order valence-corrected chi connectivity index (χ0v) is 18.3. The third-order valence-electron chi connectivity index (χ3n) is 5.69. The van der Waals surface area contributed by atoms with Crippen LogP contribution in [0, 0.1) is 12.8 Å². The molecule has 30 heavy (non-hydrogen) atoms. The van der Waals surface area contributed by atoms with Crippen LogP contribution in [0.25, 0.3) is 0 Å². The maximum atomic E-state index is 12.3. The smallest absolute Gasteiger partial charge is 0.319 e. The molecule has 3 heterocycles. The van der Waals surface area contributed by atoms with Gasteiger partial charge in [0.2, 0.25) is 0 Å². The van der Waals surface area contributed by atoms with Crippen molar-refractivity contribution in [1.29, 1.82) is 0 Å². The maximum Gasteiger partial charge on any atom is 0.319 e. The van der Waals surface area contributed by atoms with Crippen molar-refractivity contribution in [2.24, 2.45) is 5.92 Å². The largest absolute Gasteiger partial charge is 0.348 e. The normalized spacial score (nSPS) is 34.0. The third kappa shape index (κ3) is 4.78. The summed E-state index contributed by atoms with van der Waals surface area (Å²) in [7, 11) is 0. The second-order valence-electron chi connectivity index (χ2n) is 9.14. The van der Waals surface area contributed by atoms with E-state index in [0.29, 0.717) is 19.6 Å². The molecule has 0 aromatic heterocycles.